The number of aryl methyl sites for hydroxylation is 1. The fraction of sp³-hybridized carbons (Fsp3) is 0.684. The van der Waals surface area contributed by atoms with Crippen LogP contribution in [0.5, 0.6) is 0 Å². The number of anilines is 1. The van der Waals surface area contributed by atoms with Crippen LogP contribution in [0.1, 0.15) is 31.7 Å². The van der Waals surface area contributed by atoms with Gasteiger partial charge in [0.2, 0.25) is 0 Å². The van der Waals surface area contributed by atoms with Gasteiger partial charge >= 0.3 is 0 Å². The van der Waals surface area contributed by atoms with Crippen LogP contribution in [0.25, 0.3) is 0 Å². The van der Waals surface area contributed by atoms with Gasteiger partial charge in [0.05, 0.1) is 0 Å². The van der Waals surface area contributed by atoms with Gasteiger partial charge in [0.25, 0.3) is 0 Å². The van der Waals surface area contributed by atoms with E-state index in [4.69, 9.17) is 0 Å². The lowest BCUT2D eigenvalue weighted by atomic mass is 10.1. The smallest absolute Gasteiger partial charge is 0.0367 e. The summed E-state index contributed by atoms with van der Waals surface area (Å²) in [5.41, 5.74) is 2.83. The first-order valence-corrected chi connectivity index (χ1v) is 9.02. The Morgan fingerprint density at radius 3 is 2.32 bits per heavy atom. The average Bonchev–Trinajstić information content (AvgIpc) is 2.99. The lowest BCUT2D eigenvalue weighted by Crippen LogP contribution is -2.47. The molecule has 0 amide bonds. The molecular formula is C19H31N3. The first kappa shape index (κ1) is 15.8. The predicted octanol–water partition coefficient (Wildman–Crippen LogP) is 2.86. The normalized spacial score (nSPS) is 24.1. The Kier molecular flexibility index (Phi) is 5.37. The first-order valence-electron chi connectivity index (χ1n) is 9.02. The molecule has 0 saturated carbocycles. The zero-order valence-electron chi connectivity index (χ0n) is 14.3. The molecule has 0 radical (unpaired) electrons. The third-order valence-electron chi connectivity index (χ3n) is 5.53. The van der Waals surface area contributed by atoms with Gasteiger partial charge in [-0.05, 0) is 63.5 Å². The Hall–Kier alpha value is -1.06. The van der Waals surface area contributed by atoms with Crippen LogP contribution in [0.3, 0.4) is 0 Å². The van der Waals surface area contributed by atoms with Gasteiger partial charge in [-0.25, -0.2) is 0 Å². The maximum absolute atomic E-state index is 2.66. The molecule has 3 nitrogen and oxygen atoms in total. The Balaban J connectivity index is 1.43. The number of nitrogens with zero attached hydrogens (tertiary/aromatic N) is 3. The monoisotopic (exact) mass is 301 g/mol. The molecule has 0 spiro atoms. The van der Waals surface area contributed by atoms with E-state index in [9.17, 15) is 0 Å². The molecule has 0 aromatic heterocycles. The lowest BCUT2D eigenvalue weighted by Gasteiger charge is -2.37. The van der Waals surface area contributed by atoms with Crippen LogP contribution in [0.15, 0.2) is 24.3 Å². The van der Waals surface area contributed by atoms with Gasteiger partial charge in [-0.3, -0.25) is 4.90 Å². The number of hydrogen-bond acceptors (Lipinski definition) is 3. The van der Waals surface area contributed by atoms with Crippen molar-refractivity contribution in [2.24, 2.45) is 0 Å². The second-order valence-corrected chi connectivity index (χ2v) is 6.91. The van der Waals surface area contributed by atoms with Gasteiger partial charge in [0.1, 0.15) is 0 Å². The van der Waals surface area contributed by atoms with Crippen molar-refractivity contribution in [1.29, 1.82) is 0 Å². The third-order valence-corrected chi connectivity index (χ3v) is 5.53. The van der Waals surface area contributed by atoms with E-state index in [0.29, 0.717) is 0 Å². The Morgan fingerprint density at radius 1 is 1.00 bits per heavy atom. The fourth-order valence-corrected chi connectivity index (χ4v) is 3.85. The van der Waals surface area contributed by atoms with Crippen LogP contribution in [0, 0.1) is 0 Å². The van der Waals surface area contributed by atoms with E-state index in [2.05, 4.69) is 52.9 Å². The molecule has 3 heteroatoms. The van der Waals surface area contributed by atoms with Crippen LogP contribution in [0.4, 0.5) is 5.69 Å². The highest BCUT2D eigenvalue weighted by atomic mass is 15.3. The van der Waals surface area contributed by atoms with Crippen molar-refractivity contribution in [3.8, 4) is 0 Å². The van der Waals surface area contributed by atoms with Crippen molar-refractivity contribution < 1.29 is 0 Å². The molecule has 1 aromatic rings. The third kappa shape index (κ3) is 3.82. The quantitative estimate of drug-likeness (QED) is 0.828. The SMILES string of the molecule is CCc1ccc(N2CCN(CCC3CCCN3C)CC2)cc1. The Morgan fingerprint density at radius 2 is 1.73 bits per heavy atom. The van der Waals surface area contributed by atoms with E-state index in [-0.39, 0.29) is 0 Å². The number of rotatable bonds is 5. The minimum atomic E-state index is 0.833. The van der Waals surface area contributed by atoms with Gasteiger partial charge in [0.15, 0.2) is 0 Å². The lowest BCUT2D eigenvalue weighted by molar-refractivity contribution is 0.215. The molecule has 0 bridgehead atoms. The maximum Gasteiger partial charge on any atom is 0.0367 e. The van der Waals surface area contributed by atoms with E-state index in [1.165, 1.54) is 69.8 Å². The predicted molar refractivity (Wildman–Crippen MR) is 94.7 cm³/mol. The minimum absolute atomic E-state index is 0.833. The summed E-state index contributed by atoms with van der Waals surface area (Å²) >= 11 is 0. The number of benzene rings is 1. The summed E-state index contributed by atoms with van der Waals surface area (Å²) < 4.78 is 0. The summed E-state index contributed by atoms with van der Waals surface area (Å²) in [7, 11) is 2.29. The Bertz CT molecular complexity index is 448. The van der Waals surface area contributed by atoms with Crippen LogP contribution in [-0.4, -0.2) is 62.2 Å². The van der Waals surface area contributed by atoms with E-state index < -0.39 is 0 Å². The second kappa shape index (κ2) is 7.47. The highest BCUT2D eigenvalue weighted by molar-refractivity contribution is 5.48. The molecule has 0 N–H and O–H groups in total. The summed E-state index contributed by atoms with van der Waals surface area (Å²) in [5.74, 6) is 0. The molecule has 122 valence electrons. The highest BCUT2D eigenvalue weighted by Crippen LogP contribution is 2.20. The summed E-state index contributed by atoms with van der Waals surface area (Å²) in [4.78, 5) is 7.74. The van der Waals surface area contributed by atoms with E-state index in [1.54, 1.807) is 0 Å². The molecule has 2 aliphatic heterocycles. The summed E-state index contributed by atoms with van der Waals surface area (Å²) in [6.07, 6.45) is 5.27. The van der Waals surface area contributed by atoms with Crippen molar-refractivity contribution in [1.82, 2.24) is 9.80 Å². The molecular weight excluding hydrogens is 270 g/mol. The van der Waals surface area contributed by atoms with Crippen molar-refractivity contribution in [3.63, 3.8) is 0 Å². The van der Waals surface area contributed by atoms with Crippen LogP contribution >= 0.6 is 0 Å². The van der Waals surface area contributed by atoms with Crippen LogP contribution < -0.4 is 4.90 Å². The summed E-state index contributed by atoms with van der Waals surface area (Å²) in [6.45, 7) is 9.56. The Labute approximate surface area is 135 Å². The van der Waals surface area contributed by atoms with E-state index in [0.717, 1.165) is 12.5 Å². The molecule has 1 aromatic carbocycles. The molecule has 1 atom stereocenters. The number of hydrogen-bond donors (Lipinski definition) is 0. The second-order valence-electron chi connectivity index (χ2n) is 6.91. The number of likely N-dealkylation sites (tertiary alicyclic amines) is 1. The van der Waals surface area contributed by atoms with Gasteiger partial charge in [0, 0.05) is 37.9 Å². The average molecular weight is 301 g/mol. The molecule has 0 aliphatic carbocycles. The maximum atomic E-state index is 2.66. The zero-order chi connectivity index (χ0) is 15.4. The van der Waals surface area contributed by atoms with Gasteiger partial charge in [-0.2, -0.15) is 0 Å². The van der Waals surface area contributed by atoms with Gasteiger partial charge in [-0.1, -0.05) is 19.1 Å². The largest absolute Gasteiger partial charge is 0.369 e. The minimum Gasteiger partial charge on any atom is -0.369 e. The van der Waals surface area contributed by atoms with Crippen molar-refractivity contribution in [2.75, 3.05) is 51.2 Å². The molecule has 3 rings (SSSR count). The van der Waals surface area contributed by atoms with Crippen LogP contribution in [-0.2, 0) is 6.42 Å². The number of piperazine rings is 1. The van der Waals surface area contributed by atoms with Crippen molar-refractivity contribution >= 4 is 5.69 Å². The van der Waals surface area contributed by atoms with Gasteiger partial charge < -0.3 is 9.80 Å². The standard InChI is InChI=1S/C19H31N3/c1-3-17-6-8-19(9-7-17)22-15-13-21(14-16-22)12-10-18-5-4-11-20(18)2/h6-9,18H,3-5,10-16H2,1-2H3. The van der Waals surface area contributed by atoms with E-state index >= 15 is 0 Å². The summed E-state index contributed by atoms with van der Waals surface area (Å²) in [5, 5.41) is 0. The topological polar surface area (TPSA) is 9.72 Å². The van der Waals surface area contributed by atoms with E-state index in [1.807, 2.05) is 0 Å². The molecule has 2 fully saturated rings. The van der Waals surface area contributed by atoms with Gasteiger partial charge in [-0.15, -0.1) is 0 Å². The fourth-order valence-electron chi connectivity index (χ4n) is 3.85. The summed E-state index contributed by atoms with van der Waals surface area (Å²) in [6, 6.07) is 9.97. The molecule has 1 unspecified atom stereocenters. The zero-order valence-corrected chi connectivity index (χ0v) is 14.3. The van der Waals surface area contributed by atoms with Crippen LogP contribution in [0.2, 0.25) is 0 Å². The highest BCUT2D eigenvalue weighted by Gasteiger charge is 2.23. The molecule has 22 heavy (non-hydrogen) atoms. The molecule has 2 heterocycles. The molecule has 2 aliphatic rings. The van der Waals surface area contributed by atoms with Crippen molar-refractivity contribution in [3.05, 3.63) is 29.8 Å². The van der Waals surface area contributed by atoms with Crippen molar-refractivity contribution in [2.45, 2.75) is 38.6 Å². The first-order chi connectivity index (χ1) is 10.8. The molecule has 2 saturated heterocycles.